The average Bonchev–Trinajstić information content (AvgIpc) is 1.51. The zero-order valence-corrected chi connectivity index (χ0v) is 71.2. The van der Waals surface area contributed by atoms with Crippen molar-refractivity contribution in [2.75, 3.05) is 9.80 Å². The first-order valence-corrected chi connectivity index (χ1v) is 45.5. The maximum Gasteiger partial charge on any atom is 0.0726 e. The Morgan fingerprint density at radius 3 is 0.892 bits per heavy atom. The fourth-order valence-corrected chi connectivity index (χ4v) is 24.8. The topological polar surface area (TPSA) is 6.48 Å². The molecule has 130 heavy (non-hydrogen) atoms. The third kappa shape index (κ3) is 10.1. The molecule has 0 fully saturated rings. The van der Waals surface area contributed by atoms with Crippen molar-refractivity contribution in [3.63, 3.8) is 0 Å². The van der Waals surface area contributed by atoms with Crippen LogP contribution < -0.4 is 9.80 Å². The van der Waals surface area contributed by atoms with E-state index < -0.39 is 21.7 Å². The number of hydrogen-bond donors (Lipinski definition) is 0. The minimum absolute atomic E-state index is 0.516. The van der Waals surface area contributed by atoms with Crippen molar-refractivity contribution in [3.05, 3.63) is 586 Å². The lowest BCUT2D eigenvalue weighted by atomic mass is 9.67. The van der Waals surface area contributed by atoms with Crippen LogP contribution in [0.25, 0.3) is 111 Å². The largest absolute Gasteiger partial charge is 0.309 e. The predicted octanol–water partition coefficient (Wildman–Crippen LogP) is 32.2. The minimum Gasteiger partial charge on any atom is -0.309 e. The van der Waals surface area contributed by atoms with E-state index in [-0.39, 0.29) is 0 Å². The molecule has 2 spiro atoms. The third-order valence-corrected chi connectivity index (χ3v) is 29.9. The van der Waals surface area contributed by atoms with Gasteiger partial charge < -0.3 is 9.80 Å². The quantitative estimate of drug-likeness (QED) is 0.114. The van der Waals surface area contributed by atoms with E-state index in [0.717, 1.165) is 56.4 Å². The molecule has 2 nitrogen and oxygen atoms in total. The molecule has 0 aromatic heterocycles. The van der Waals surface area contributed by atoms with Gasteiger partial charge in [-0.15, -0.1) is 0 Å². The molecule has 2 atom stereocenters. The molecule has 27 rings (SSSR count). The standard InChI is InChI=1S/C128H82N2/c1-6-35-83(36-7-1)88-70-78-120(103(79-88)86-37-8-2-9-38-86)130(94-74-76-114-105(82-94)99-51-20-25-55-107(99)125(114,89-41-10-3-11-42-89)90-43-12-4-13-44-90)122-66-34-63-118-124(122)102-54-24-31-61-113(102)128(118)111-59-29-22-50-98(111)104-80-87(69-75-116(104)128)84-67-71-92(72-68-84)126(91-45-14-5-15-46-91)108-56-26-21-52-100(108)106-81-93(73-77-115(106)126)129(119-64-32-40-85-39-16-17-47-95(85)119)121-65-33-62-117-123(121)101-53-23-30-60-112(101)127(117)109-57-27-18-48-96(109)97-49-19-28-58-110(97)127/h1-82H. The number of anilines is 6. The molecule has 6 aliphatic rings. The molecule has 0 saturated carbocycles. The lowest BCUT2D eigenvalue weighted by Crippen LogP contribution is -2.28. The maximum absolute atomic E-state index is 2.61. The molecule has 6 aliphatic carbocycles. The van der Waals surface area contributed by atoms with Crippen LogP contribution in [0.1, 0.15) is 89.0 Å². The Morgan fingerprint density at radius 2 is 0.423 bits per heavy atom. The summed E-state index contributed by atoms with van der Waals surface area (Å²) in [6, 6.07) is 189. The van der Waals surface area contributed by atoms with Crippen molar-refractivity contribution >= 4 is 44.9 Å². The van der Waals surface area contributed by atoms with Gasteiger partial charge in [0.2, 0.25) is 0 Å². The summed E-state index contributed by atoms with van der Waals surface area (Å²) in [6.45, 7) is 0. The average molecular weight is 1650 g/mol. The van der Waals surface area contributed by atoms with Gasteiger partial charge >= 0.3 is 0 Å². The fourth-order valence-electron chi connectivity index (χ4n) is 24.8. The van der Waals surface area contributed by atoms with Crippen molar-refractivity contribution in [1.29, 1.82) is 0 Å². The van der Waals surface area contributed by atoms with Gasteiger partial charge in [0.05, 0.1) is 44.4 Å². The Labute approximate surface area is 757 Å². The van der Waals surface area contributed by atoms with Crippen molar-refractivity contribution in [2.24, 2.45) is 0 Å². The van der Waals surface area contributed by atoms with Crippen LogP contribution in [0.2, 0.25) is 0 Å². The molecule has 2 unspecified atom stereocenters. The summed E-state index contributed by atoms with van der Waals surface area (Å²) in [5, 5.41) is 2.38. The van der Waals surface area contributed by atoms with E-state index in [2.05, 4.69) is 507 Å². The summed E-state index contributed by atoms with van der Waals surface area (Å²) in [4.78, 5) is 5.19. The van der Waals surface area contributed by atoms with Crippen molar-refractivity contribution in [1.82, 2.24) is 0 Å². The molecule has 0 heterocycles. The molecular weight excluding hydrogens is 1570 g/mol. The SMILES string of the molecule is c1ccc(-c2ccc(N(c3ccc4c(c3)-c3ccccc3C4(c3ccccc3)c3ccccc3)c3cccc4c3-c3ccccc3C43c4ccccc4-c4cc(-c5ccc(C6(c7ccccc7)c7ccccc7-c7cc(N(c8cccc9c8-c8ccccc8C98c9ccccc9-c9ccccc98)c8cccc9ccccc89)ccc76)cc5)ccc43)c(-c3ccccc3)c2)cc1. The van der Waals surface area contributed by atoms with Crippen LogP contribution in [0.5, 0.6) is 0 Å². The second-order valence-corrected chi connectivity index (χ2v) is 35.7. The Hall–Kier alpha value is -16.5. The van der Waals surface area contributed by atoms with Crippen molar-refractivity contribution in [2.45, 2.75) is 21.7 Å². The van der Waals surface area contributed by atoms with E-state index in [1.807, 2.05) is 0 Å². The zero-order chi connectivity index (χ0) is 85.4. The summed E-state index contributed by atoms with van der Waals surface area (Å²) in [6.07, 6.45) is 0. The van der Waals surface area contributed by atoms with Crippen LogP contribution in [-0.4, -0.2) is 0 Å². The van der Waals surface area contributed by atoms with Gasteiger partial charge in [-0.25, -0.2) is 0 Å². The predicted molar refractivity (Wildman–Crippen MR) is 537 cm³/mol. The number of rotatable bonds is 13. The van der Waals surface area contributed by atoms with E-state index in [1.54, 1.807) is 0 Å². The first-order valence-electron chi connectivity index (χ1n) is 45.5. The van der Waals surface area contributed by atoms with Gasteiger partial charge in [0, 0.05) is 33.5 Å². The molecule has 0 N–H and O–H groups in total. The first kappa shape index (κ1) is 73.8. The normalized spacial score (nSPS) is 15.6. The van der Waals surface area contributed by atoms with Gasteiger partial charge in [-0.1, -0.05) is 437 Å². The van der Waals surface area contributed by atoms with Gasteiger partial charge in [-0.2, -0.15) is 0 Å². The third-order valence-electron chi connectivity index (χ3n) is 29.9. The van der Waals surface area contributed by atoms with E-state index in [1.165, 1.54) is 178 Å². The number of fused-ring (bicyclic) bond motifs is 27. The Morgan fingerprint density at radius 1 is 0.138 bits per heavy atom. The van der Waals surface area contributed by atoms with Gasteiger partial charge in [0.25, 0.3) is 0 Å². The van der Waals surface area contributed by atoms with Crippen LogP contribution in [0.3, 0.4) is 0 Å². The van der Waals surface area contributed by atoms with Crippen LogP contribution in [0, 0.1) is 0 Å². The van der Waals surface area contributed by atoms with Crippen LogP contribution >= 0.6 is 0 Å². The monoisotopic (exact) mass is 1650 g/mol. The highest BCUT2D eigenvalue weighted by molar-refractivity contribution is 6.08. The number of benzene rings is 21. The van der Waals surface area contributed by atoms with Gasteiger partial charge in [0.1, 0.15) is 0 Å². The lowest BCUT2D eigenvalue weighted by Gasteiger charge is -2.35. The summed E-state index contributed by atoms with van der Waals surface area (Å²) >= 11 is 0. The molecular formula is C128H82N2. The number of nitrogens with zero attached hydrogens (tertiary/aromatic N) is 2. The summed E-state index contributed by atoms with van der Waals surface area (Å²) in [7, 11) is 0. The van der Waals surface area contributed by atoms with E-state index >= 15 is 0 Å². The molecule has 0 amide bonds. The van der Waals surface area contributed by atoms with Crippen molar-refractivity contribution in [3.8, 4) is 100 Å². The van der Waals surface area contributed by atoms with Crippen molar-refractivity contribution < 1.29 is 0 Å². The van der Waals surface area contributed by atoms with E-state index in [4.69, 9.17) is 0 Å². The molecule has 21 aromatic rings. The highest BCUT2D eigenvalue weighted by atomic mass is 15.2. The van der Waals surface area contributed by atoms with Gasteiger partial charge in [0.15, 0.2) is 0 Å². The molecule has 0 radical (unpaired) electrons. The molecule has 0 aliphatic heterocycles. The van der Waals surface area contributed by atoms with Crippen LogP contribution in [0.15, 0.2) is 497 Å². The lowest BCUT2D eigenvalue weighted by molar-refractivity contribution is 0.768. The summed E-state index contributed by atoms with van der Waals surface area (Å²) in [5.41, 5.74) is 46.4. The fraction of sp³-hybridized carbons (Fsp3) is 0.0312. The highest BCUT2D eigenvalue weighted by Crippen LogP contribution is 2.69. The minimum atomic E-state index is -0.685. The highest BCUT2D eigenvalue weighted by Gasteiger charge is 2.56. The van der Waals surface area contributed by atoms with Gasteiger partial charge in [-0.05, 0) is 239 Å². The van der Waals surface area contributed by atoms with Crippen LogP contribution in [-0.2, 0) is 21.7 Å². The number of hydrogen-bond acceptors (Lipinski definition) is 2. The van der Waals surface area contributed by atoms with E-state index in [0.29, 0.717) is 0 Å². The molecule has 21 aromatic carbocycles. The maximum atomic E-state index is 2.61. The smallest absolute Gasteiger partial charge is 0.0726 e. The molecule has 0 bridgehead atoms. The summed E-state index contributed by atoms with van der Waals surface area (Å²) < 4.78 is 0. The molecule has 0 saturated heterocycles. The second kappa shape index (κ2) is 28.5. The molecule has 2 heteroatoms. The Balaban J connectivity index is 0.613. The van der Waals surface area contributed by atoms with E-state index in [9.17, 15) is 0 Å². The molecule has 604 valence electrons. The Kier molecular flexibility index (Phi) is 16.2. The summed E-state index contributed by atoms with van der Waals surface area (Å²) in [5.74, 6) is 0. The van der Waals surface area contributed by atoms with Crippen LogP contribution in [0.4, 0.5) is 34.1 Å². The first-order chi connectivity index (χ1) is 64.5. The Bertz CT molecular complexity index is 8140. The van der Waals surface area contributed by atoms with Gasteiger partial charge in [-0.3, -0.25) is 0 Å². The zero-order valence-electron chi connectivity index (χ0n) is 71.2. The second-order valence-electron chi connectivity index (χ2n) is 35.7.